The van der Waals surface area contributed by atoms with Gasteiger partial charge >= 0.3 is 0 Å². The normalized spacial score (nSPS) is 16.9. The molecule has 1 heterocycles. The Bertz CT molecular complexity index is 438. The highest BCUT2D eigenvalue weighted by molar-refractivity contribution is 8.22. The number of thioether (sulfide) groups is 1. The summed E-state index contributed by atoms with van der Waals surface area (Å²) in [6.07, 6.45) is 0. The van der Waals surface area contributed by atoms with Gasteiger partial charge in [0.25, 0.3) is 0 Å². The largest absolute Gasteiger partial charge is 0.369 e. The highest BCUT2D eigenvalue weighted by atomic mass is 32.2. The summed E-state index contributed by atoms with van der Waals surface area (Å²) in [6, 6.07) is 10.2. The van der Waals surface area contributed by atoms with E-state index < -0.39 is 0 Å². The van der Waals surface area contributed by atoms with Gasteiger partial charge in [-0.1, -0.05) is 54.3 Å². The van der Waals surface area contributed by atoms with Gasteiger partial charge in [-0.25, -0.2) is 0 Å². The van der Waals surface area contributed by atoms with E-state index in [9.17, 15) is 4.79 Å². The average molecular weight is 281 g/mol. The Morgan fingerprint density at radius 3 is 2.78 bits per heavy atom. The van der Waals surface area contributed by atoms with E-state index in [-0.39, 0.29) is 12.5 Å². The highest BCUT2D eigenvalue weighted by Gasteiger charge is 2.22. The second-order valence-electron chi connectivity index (χ2n) is 4.16. The molecule has 0 spiro atoms. The Kier molecular flexibility index (Phi) is 4.57. The van der Waals surface area contributed by atoms with Gasteiger partial charge in [-0.05, 0) is 5.56 Å². The zero-order chi connectivity index (χ0) is 13.0. The molecule has 2 N–H and O–H groups in total. The lowest BCUT2D eigenvalue weighted by atomic mass is 10.2. The standard InChI is InChI=1S/C12H15N3OS2/c13-11(16)7-14-8-15(12(17)18-9-14)6-10-4-2-1-3-5-10/h1-5H,6-9H2,(H2,13,16). The molecule has 1 amide bonds. The quantitative estimate of drug-likeness (QED) is 0.841. The minimum absolute atomic E-state index is 0.279. The number of nitrogens with two attached hydrogens (primary N) is 1. The summed E-state index contributed by atoms with van der Waals surface area (Å²) in [7, 11) is 0. The SMILES string of the molecule is NC(=O)CN1CSC(=S)N(Cc2ccccc2)C1. The minimum atomic E-state index is -0.303. The Morgan fingerprint density at radius 2 is 2.11 bits per heavy atom. The van der Waals surface area contributed by atoms with Crippen molar-refractivity contribution in [3.8, 4) is 0 Å². The summed E-state index contributed by atoms with van der Waals surface area (Å²) in [6.45, 7) is 1.70. The summed E-state index contributed by atoms with van der Waals surface area (Å²) < 4.78 is 0.875. The molecule has 1 saturated heterocycles. The van der Waals surface area contributed by atoms with Crippen LogP contribution in [0, 0.1) is 0 Å². The third-order valence-electron chi connectivity index (χ3n) is 2.60. The van der Waals surface area contributed by atoms with Crippen LogP contribution in [0.25, 0.3) is 0 Å². The monoisotopic (exact) mass is 281 g/mol. The molecule has 18 heavy (non-hydrogen) atoms. The predicted octanol–water partition coefficient (Wildman–Crippen LogP) is 1.22. The van der Waals surface area contributed by atoms with Crippen LogP contribution < -0.4 is 5.73 Å². The molecular weight excluding hydrogens is 266 g/mol. The second-order valence-corrected chi connectivity index (χ2v) is 5.74. The number of hydrogen-bond acceptors (Lipinski definition) is 4. The highest BCUT2D eigenvalue weighted by Crippen LogP contribution is 2.20. The van der Waals surface area contributed by atoms with Crippen LogP contribution in [0.4, 0.5) is 0 Å². The molecule has 6 heteroatoms. The Balaban J connectivity index is 1.97. The van der Waals surface area contributed by atoms with Gasteiger partial charge in [0.2, 0.25) is 5.91 Å². The van der Waals surface area contributed by atoms with Crippen molar-refractivity contribution in [2.45, 2.75) is 6.54 Å². The third-order valence-corrected chi connectivity index (χ3v) is 4.21. The maximum absolute atomic E-state index is 10.9. The summed E-state index contributed by atoms with van der Waals surface area (Å²) in [4.78, 5) is 15.0. The van der Waals surface area contributed by atoms with Gasteiger partial charge in [0.1, 0.15) is 4.32 Å². The lowest BCUT2D eigenvalue weighted by Crippen LogP contribution is -2.47. The zero-order valence-corrected chi connectivity index (χ0v) is 11.5. The molecule has 0 saturated carbocycles. The molecule has 4 nitrogen and oxygen atoms in total. The summed E-state index contributed by atoms with van der Waals surface area (Å²) in [5.74, 6) is 0.427. The van der Waals surface area contributed by atoms with Gasteiger partial charge < -0.3 is 10.6 Å². The van der Waals surface area contributed by atoms with Crippen molar-refractivity contribution >= 4 is 34.2 Å². The number of primary amides is 1. The van der Waals surface area contributed by atoms with Crippen LogP contribution in [0.15, 0.2) is 30.3 Å². The fourth-order valence-corrected chi connectivity index (χ4v) is 2.86. The van der Waals surface area contributed by atoms with Crippen molar-refractivity contribution in [2.75, 3.05) is 19.1 Å². The maximum atomic E-state index is 10.9. The molecule has 1 aromatic rings. The molecule has 1 aliphatic heterocycles. The maximum Gasteiger partial charge on any atom is 0.231 e. The number of rotatable bonds is 4. The number of carbonyl (C=O) groups is 1. The van der Waals surface area contributed by atoms with Crippen molar-refractivity contribution < 1.29 is 4.79 Å². The van der Waals surface area contributed by atoms with Crippen LogP contribution in [-0.2, 0) is 11.3 Å². The first-order valence-corrected chi connectivity index (χ1v) is 7.01. The number of carbonyl (C=O) groups excluding carboxylic acids is 1. The summed E-state index contributed by atoms with van der Waals surface area (Å²) >= 11 is 6.91. The molecular formula is C12H15N3OS2. The number of benzene rings is 1. The molecule has 1 fully saturated rings. The topological polar surface area (TPSA) is 49.6 Å². The van der Waals surface area contributed by atoms with Crippen molar-refractivity contribution in [3.05, 3.63) is 35.9 Å². The fraction of sp³-hybridized carbons (Fsp3) is 0.333. The number of thiocarbonyl (C=S) groups is 1. The second kappa shape index (κ2) is 6.17. The van der Waals surface area contributed by atoms with E-state index in [1.54, 1.807) is 11.8 Å². The fourth-order valence-electron chi connectivity index (χ4n) is 1.81. The van der Waals surface area contributed by atoms with Crippen LogP contribution in [-0.4, -0.2) is 39.1 Å². The number of hydrogen-bond donors (Lipinski definition) is 1. The predicted molar refractivity (Wildman–Crippen MR) is 77.8 cm³/mol. The van der Waals surface area contributed by atoms with Crippen LogP contribution in [0.2, 0.25) is 0 Å². The molecule has 0 aromatic heterocycles. The van der Waals surface area contributed by atoms with Crippen LogP contribution >= 0.6 is 24.0 Å². The smallest absolute Gasteiger partial charge is 0.231 e. The van der Waals surface area contributed by atoms with Crippen molar-refractivity contribution in [2.24, 2.45) is 5.73 Å². The molecule has 0 bridgehead atoms. The van der Waals surface area contributed by atoms with Gasteiger partial charge in [0.15, 0.2) is 0 Å². The van der Waals surface area contributed by atoms with Crippen molar-refractivity contribution in [3.63, 3.8) is 0 Å². The lowest BCUT2D eigenvalue weighted by Gasteiger charge is -2.36. The first-order chi connectivity index (χ1) is 8.65. The molecule has 1 aliphatic rings. The van der Waals surface area contributed by atoms with E-state index in [0.29, 0.717) is 6.67 Å². The minimum Gasteiger partial charge on any atom is -0.369 e. The Hall–Kier alpha value is -1.11. The van der Waals surface area contributed by atoms with E-state index >= 15 is 0 Å². The van der Waals surface area contributed by atoms with Crippen LogP contribution in [0.1, 0.15) is 5.56 Å². The van der Waals surface area contributed by atoms with Crippen LogP contribution in [0.3, 0.4) is 0 Å². The van der Waals surface area contributed by atoms with E-state index in [1.807, 2.05) is 23.1 Å². The molecule has 0 atom stereocenters. The van der Waals surface area contributed by atoms with E-state index in [4.69, 9.17) is 18.0 Å². The van der Waals surface area contributed by atoms with Gasteiger partial charge in [0, 0.05) is 6.54 Å². The summed E-state index contributed by atoms with van der Waals surface area (Å²) in [5, 5.41) is 0. The molecule has 96 valence electrons. The van der Waals surface area contributed by atoms with E-state index in [1.165, 1.54) is 5.56 Å². The number of nitrogens with zero attached hydrogens (tertiary/aromatic N) is 2. The summed E-state index contributed by atoms with van der Waals surface area (Å²) in [5.41, 5.74) is 6.42. The lowest BCUT2D eigenvalue weighted by molar-refractivity contribution is -0.119. The third kappa shape index (κ3) is 3.69. The van der Waals surface area contributed by atoms with Gasteiger partial charge in [-0.15, -0.1) is 0 Å². The number of amides is 1. The van der Waals surface area contributed by atoms with Crippen LogP contribution in [0.5, 0.6) is 0 Å². The zero-order valence-electron chi connectivity index (χ0n) is 9.91. The molecule has 1 aromatic carbocycles. The first-order valence-electron chi connectivity index (χ1n) is 5.61. The average Bonchev–Trinajstić information content (AvgIpc) is 2.34. The van der Waals surface area contributed by atoms with Gasteiger partial charge in [-0.2, -0.15) is 0 Å². The Labute approximate surface area is 116 Å². The molecule has 0 radical (unpaired) electrons. The Morgan fingerprint density at radius 1 is 1.39 bits per heavy atom. The van der Waals surface area contributed by atoms with Gasteiger partial charge in [0.05, 0.1) is 19.1 Å². The molecule has 2 rings (SSSR count). The van der Waals surface area contributed by atoms with E-state index in [0.717, 1.165) is 16.7 Å². The van der Waals surface area contributed by atoms with Crippen molar-refractivity contribution in [1.82, 2.24) is 9.80 Å². The molecule has 0 aliphatic carbocycles. The molecule has 0 unspecified atom stereocenters. The van der Waals surface area contributed by atoms with Crippen molar-refractivity contribution in [1.29, 1.82) is 0 Å². The van der Waals surface area contributed by atoms with Gasteiger partial charge in [-0.3, -0.25) is 9.69 Å². The first kappa shape index (κ1) is 13.3. The van der Waals surface area contributed by atoms with E-state index in [2.05, 4.69) is 17.0 Å².